The van der Waals surface area contributed by atoms with Crippen LogP contribution in [0.4, 0.5) is 18.9 Å². The van der Waals surface area contributed by atoms with Gasteiger partial charge in [-0.2, -0.15) is 13.2 Å². The van der Waals surface area contributed by atoms with Gasteiger partial charge in [-0.15, -0.1) is 0 Å². The molecule has 1 aromatic carbocycles. The number of nitrogens with one attached hydrogen (secondary N) is 1. The van der Waals surface area contributed by atoms with Crippen LogP contribution in [0.15, 0.2) is 18.2 Å². The summed E-state index contributed by atoms with van der Waals surface area (Å²) >= 11 is 5.51. The van der Waals surface area contributed by atoms with E-state index in [0.717, 1.165) is 6.07 Å². The highest BCUT2D eigenvalue weighted by Gasteiger charge is 2.33. The molecule has 0 radical (unpaired) electrons. The number of halogens is 4. The van der Waals surface area contributed by atoms with Gasteiger partial charge in [0.15, 0.2) is 0 Å². The third-order valence-electron chi connectivity index (χ3n) is 2.47. The zero-order valence-electron chi connectivity index (χ0n) is 10.1. The smallest absolute Gasteiger partial charge is 0.396 e. The molecule has 0 aliphatic heterocycles. The highest BCUT2D eigenvalue weighted by molar-refractivity contribution is 6.31. The molecule has 0 bridgehead atoms. The third kappa shape index (κ3) is 4.07. The molecule has 1 rings (SSSR count). The van der Waals surface area contributed by atoms with E-state index >= 15 is 0 Å². The second-order valence-electron chi connectivity index (χ2n) is 4.87. The van der Waals surface area contributed by atoms with Crippen molar-refractivity contribution in [2.24, 2.45) is 5.41 Å². The van der Waals surface area contributed by atoms with Gasteiger partial charge in [0.2, 0.25) is 0 Å². The maximum atomic E-state index is 12.6. The van der Waals surface area contributed by atoms with E-state index in [1.165, 1.54) is 12.1 Å². The largest absolute Gasteiger partial charge is 0.417 e. The molecule has 0 saturated carbocycles. The molecule has 0 aromatic heterocycles. The molecule has 102 valence electrons. The highest BCUT2D eigenvalue weighted by Crippen LogP contribution is 2.36. The van der Waals surface area contributed by atoms with E-state index in [-0.39, 0.29) is 11.6 Å². The molecule has 0 aliphatic rings. The number of rotatable bonds is 4. The minimum absolute atomic E-state index is 0.0558. The van der Waals surface area contributed by atoms with Gasteiger partial charge in [-0.1, -0.05) is 25.4 Å². The Morgan fingerprint density at radius 3 is 2.39 bits per heavy atom. The average molecular weight is 282 g/mol. The van der Waals surface area contributed by atoms with Gasteiger partial charge in [0, 0.05) is 24.3 Å². The van der Waals surface area contributed by atoms with Gasteiger partial charge >= 0.3 is 6.18 Å². The van der Waals surface area contributed by atoms with Crippen LogP contribution < -0.4 is 5.32 Å². The first-order valence-electron chi connectivity index (χ1n) is 5.37. The average Bonchev–Trinajstić information content (AvgIpc) is 2.26. The summed E-state index contributed by atoms with van der Waals surface area (Å²) in [5.41, 5.74) is -0.942. The van der Waals surface area contributed by atoms with Crippen molar-refractivity contribution in [3.63, 3.8) is 0 Å². The second kappa shape index (κ2) is 5.36. The Labute approximate surface area is 109 Å². The van der Waals surface area contributed by atoms with Gasteiger partial charge in [0.25, 0.3) is 0 Å². The number of aliphatic hydroxyl groups excluding tert-OH is 1. The van der Waals surface area contributed by atoms with Crippen LogP contribution in [0, 0.1) is 5.41 Å². The molecule has 6 heteroatoms. The fourth-order valence-electron chi connectivity index (χ4n) is 1.25. The zero-order chi connectivity index (χ0) is 14.0. The Hall–Kier alpha value is -0.940. The first-order valence-corrected chi connectivity index (χ1v) is 5.75. The lowest BCUT2D eigenvalue weighted by molar-refractivity contribution is -0.137. The van der Waals surface area contributed by atoms with Crippen LogP contribution in [0.3, 0.4) is 0 Å². The monoisotopic (exact) mass is 281 g/mol. The van der Waals surface area contributed by atoms with Crippen LogP contribution in [0.1, 0.15) is 19.4 Å². The van der Waals surface area contributed by atoms with E-state index in [2.05, 4.69) is 5.32 Å². The number of alkyl halides is 3. The van der Waals surface area contributed by atoms with Crippen molar-refractivity contribution >= 4 is 17.3 Å². The lowest BCUT2D eigenvalue weighted by Crippen LogP contribution is -2.26. The van der Waals surface area contributed by atoms with Crippen LogP contribution in [0.2, 0.25) is 5.02 Å². The summed E-state index contributed by atoms with van der Waals surface area (Å²) in [5.74, 6) is 0. The van der Waals surface area contributed by atoms with Gasteiger partial charge in [-0.25, -0.2) is 0 Å². The molecule has 0 amide bonds. The van der Waals surface area contributed by atoms with Gasteiger partial charge < -0.3 is 10.4 Å². The summed E-state index contributed by atoms with van der Waals surface area (Å²) in [6, 6.07) is 3.65. The number of aliphatic hydroxyl groups is 1. The first kappa shape index (κ1) is 15.1. The van der Waals surface area contributed by atoms with Crippen molar-refractivity contribution in [1.29, 1.82) is 0 Å². The predicted molar refractivity (Wildman–Crippen MR) is 65.8 cm³/mol. The molecule has 0 saturated heterocycles. The molecule has 0 unspecified atom stereocenters. The van der Waals surface area contributed by atoms with Crippen LogP contribution in [-0.4, -0.2) is 18.3 Å². The van der Waals surface area contributed by atoms with Crippen molar-refractivity contribution in [3.05, 3.63) is 28.8 Å². The first-order chi connectivity index (χ1) is 8.15. The van der Waals surface area contributed by atoms with E-state index < -0.39 is 17.2 Å². The van der Waals surface area contributed by atoms with E-state index in [4.69, 9.17) is 16.7 Å². The van der Waals surface area contributed by atoms with E-state index in [9.17, 15) is 13.2 Å². The van der Waals surface area contributed by atoms with E-state index in [0.29, 0.717) is 12.2 Å². The summed E-state index contributed by atoms with van der Waals surface area (Å²) < 4.78 is 37.9. The Morgan fingerprint density at radius 2 is 1.89 bits per heavy atom. The Kier molecular flexibility index (Phi) is 4.50. The second-order valence-corrected chi connectivity index (χ2v) is 5.28. The molecule has 2 N–H and O–H groups in total. The van der Waals surface area contributed by atoms with Crippen LogP contribution in [-0.2, 0) is 6.18 Å². The number of hydrogen-bond acceptors (Lipinski definition) is 2. The molecule has 0 atom stereocenters. The molecule has 0 heterocycles. The van der Waals surface area contributed by atoms with Crippen LogP contribution >= 0.6 is 11.6 Å². The number of benzene rings is 1. The maximum absolute atomic E-state index is 12.6. The highest BCUT2D eigenvalue weighted by atomic mass is 35.5. The topological polar surface area (TPSA) is 32.3 Å². The van der Waals surface area contributed by atoms with Gasteiger partial charge in [-0.3, -0.25) is 0 Å². The van der Waals surface area contributed by atoms with Crippen LogP contribution in [0.25, 0.3) is 0 Å². The van der Waals surface area contributed by atoms with Crippen LogP contribution in [0.5, 0.6) is 0 Å². The van der Waals surface area contributed by atoms with Crippen molar-refractivity contribution in [3.8, 4) is 0 Å². The molecular formula is C12H15ClF3NO. The summed E-state index contributed by atoms with van der Waals surface area (Å²) in [7, 11) is 0. The zero-order valence-corrected chi connectivity index (χ0v) is 10.9. The Bertz CT molecular complexity index is 418. The molecule has 1 aromatic rings. The molecule has 0 fully saturated rings. The Balaban J connectivity index is 2.87. The summed E-state index contributed by atoms with van der Waals surface area (Å²) in [4.78, 5) is 0. The van der Waals surface area contributed by atoms with Crippen molar-refractivity contribution in [2.75, 3.05) is 18.5 Å². The van der Waals surface area contributed by atoms with Crippen molar-refractivity contribution < 1.29 is 18.3 Å². The normalized spacial score (nSPS) is 12.6. The van der Waals surface area contributed by atoms with Gasteiger partial charge in [0.05, 0.1) is 10.6 Å². The maximum Gasteiger partial charge on any atom is 0.417 e. The molecular weight excluding hydrogens is 267 g/mol. The number of hydrogen-bond donors (Lipinski definition) is 2. The van der Waals surface area contributed by atoms with Crippen molar-refractivity contribution in [2.45, 2.75) is 20.0 Å². The summed E-state index contributed by atoms with van der Waals surface area (Å²) in [6.07, 6.45) is -4.47. The molecule has 18 heavy (non-hydrogen) atoms. The van der Waals surface area contributed by atoms with Gasteiger partial charge in [-0.05, 0) is 18.2 Å². The third-order valence-corrected chi connectivity index (χ3v) is 2.80. The van der Waals surface area contributed by atoms with E-state index in [1.54, 1.807) is 13.8 Å². The minimum atomic E-state index is -4.47. The number of anilines is 1. The van der Waals surface area contributed by atoms with Gasteiger partial charge in [0.1, 0.15) is 0 Å². The molecule has 0 aliphatic carbocycles. The minimum Gasteiger partial charge on any atom is -0.396 e. The van der Waals surface area contributed by atoms with E-state index in [1.807, 2.05) is 0 Å². The standard InChI is InChI=1S/C12H15ClF3NO/c1-11(2,7-18)6-17-8-3-4-10(13)9(5-8)12(14,15)16/h3-5,17-18H,6-7H2,1-2H3. The molecule has 0 spiro atoms. The SMILES string of the molecule is CC(C)(CO)CNc1ccc(Cl)c(C(F)(F)F)c1. The summed E-state index contributed by atoms with van der Waals surface area (Å²) in [5, 5.41) is 11.6. The molecule has 2 nitrogen and oxygen atoms in total. The fraction of sp³-hybridized carbons (Fsp3) is 0.500. The predicted octanol–water partition coefficient (Wildman–Crippen LogP) is 3.79. The van der Waals surface area contributed by atoms with Crippen molar-refractivity contribution in [1.82, 2.24) is 0 Å². The Morgan fingerprint density at radius 1 is 1.28 bits per heavy atom. The lowest BCUT2D eigenvalue weighted by atomic mass is 9.95. The fourth-order valence-corrected chi connectivity index (χ4v) is 1.47. The summed E-state index contributed by atoms with van der Waals surface area (Å²) in [6.45, 7) is 3.92. The quantitative estimate of drug-likeness (QED) is 0.880. The lowest BCUT2D eigenvalue weighted by Gasteiger charge is -2.23.